The van der Waals surface area contributed by atoms with Crippen molar-refractivity contribution in [3.63, 3.8) is 0 Å². The Hall–Kier alpha value is -0.610. The molecule has 0 atom stereocenters. The zero-order chi connectivity index (χ0) is 11.0. The van der Waals surface area contributed by atoms with Gasteiger partial charge in [0.1, 0.15) is 5.02 Å². The molecule has 80 valence electrons. The summed E-state index contributed by atoms with van der Waals surface area (Å²) in [5, 5.41) is 7.36. The van der Waals surface area contributed by atoms with Crippen molar-refractivity contribution in [2.75, 3.05) is 11.4 Å². The van der Waals surface area contributed by atoms with Gasteiger partial charge in [-0.3, -0.25) is 5.41 Å². The Labute approximate surface area is 101 Å². The first kappa shape index (κ1) is 10.9. The largest absolute Gasteiger partial charge is 0.331 e. The van der Waals surface area contributed by atoms with Crippen LogP contribution in [0.15, 0.2) is 10.5 Å². The number of halogens is 3. The van der Waals surface area contributed by atoms with Crippen LogP contribution in [-0.4, -0.2) is 12.9 Å². The van der Waals surface area contributed by atoms with Gasteiger partial charge in [-0.15, -0.1) is 0 Å². The van der Waals surface area contributed by atoms with Gasteiger partial charge in [0.2, 0.25) is 0 Å². The SMILES string of the molecule is N=CN1CCCc2cc(Br)c(F)c(Cl)c21. The second-order valence-electron chi connectivity index (χ2n) is 3.42. The molecule has 0 fully saturated rings. The van der Waals surface area contributed by atoms with Crippen LogP contribution in [0, 0.1) is 11.2 Å². The maximum Gasteiger partial charge on any atom is 0.158 e. The minimum atomic E-state index is -0.454. The minimum Gasteiger partial charge on any atom is -0.331 e. The van der Waals surface area contributed by atoms with Crippen molar-refractivity contribution in [1.29, 1.82) is 5.41 Å². The van der Waals surface area contributed by atoms with Crippen molar-refractivity contribution in [3.8, 4) is 0 Å². The van der Waals surface area contributed by atoms with Gasteiger partial charge in [0.05, 0.1) is 16.5 Å². The third kappa shape index (κ3) is 1.76. The molecule has 0 saturated heterocycles. The molecule has 0 spiro atoms. The molecule has 2 rings (SSSR count). The van der Waals surface area contributed by atoms with Crippen LogP contribution >= 0.6 is 27.5 Å². The van der Waals surface area contributed by atoms with E-state index in [0.29, 0.717) is 10.2 Å². The topological polar surface area (TPSA) is 27.1 Å². The van der Waals surface area contributed by atoms with Crippen molar-refractivity contribution < 1.29 is 4.39 Å². The normalized spacial score (nSPS) is 15.0. The molecule has 0 saturated carbocycles. The zero-order valence-corrected chi connectivity index (χ0v) is 10.2. The lowest BCUT2D eigenvalue weighted by Gasteiger charge is -2.28. The van der Waals surface area contributed by atoms with Gasteiger partial charge in [-0.25, -0.2) is 4.39 Å². The Morgan fingerprint density at radius 1 is 1.60 bits per heavy atom. The molecule has 0 bridgehead atoms. The van der Waals surface area contributed by atoms with Gasteiger partial charge in [0.15, 0.2) is 5.82 Å². The first-order chi connectivity index (χ1) is 7.15. The number of anilines is 1. The summed E-state index contributed by atoms with van der Waals surface area (Å²) < 4.78 is 13.9. The number of nitrogens with one attached hydrogen (secondary N) is 1. The molecule has 1 aromatic rings. The van der Waals surface area contributed by atoms with E-state index in [0.717, 1.165) is 24.9 Å². The molecule has 1 aliphatic heterocycles. The monoisotopic (exact) mass is 290 g/mol. The van der Waals surface area contributed by atoms with E-state index in [4.69, 9.17) is 17.0 Å². The van der Waals surface area contributed by atoms with E-state index in [1.54, 1.807) is 11.0 Å². The van der Waals surface area contributed by atoms with E-state index in [2.05, 4.69) is 15.9 Å². The van der Waals surface area contributed by atoms with Gasteiger partial charge in [-0.05, 0) is 40.4 Å². The lowest BCUT2D eigenvalue weighted by Crippen LogP contribution is -2.28. The number of hydrogen-bond donors (Lipinski definition) is 1. The molecule has 0 unspecified atom stereocenters. The lowest BCUT2D eigenvalue weighted by atomic mass is 10.0. The van der Waals surface area contributed by atoms with E-state index in [1.807, 2.05) is 0 Å². The van der Waals surface area contributed by atoms with Crippen molar-refractivity contribution in [1.82, 2.24) is 0 Å². The third-order valence-corrected chi connectivity index (χ3v) is 3.43. The third-order valence-electron chi connectivity index (χ3n) is 2.50. The second kappa shape index (κ2) is 4.10. The minimum absolute atomic E-state index is 0.0996. The Bertz CT molecular complexity index is 422. The van der Waals surface area contributed by atoms with Crippen molar-refractivity contribution in [2.24, 2.45) is 0 Å². The Balaban J connectivity index is 2.64. The standard InChI is InChI=1S/C10H9BrClFN2/c11-7-4-6-2-1-3-15(5-14)10(6)8(12)9(7)13/h4-5,14H,1-3H2. The average molecular weight is 292 g/mol. The molecular formula is C10H9BrClFN2. The second-order valence-corrected chi connectivity index (χ2v) is 4.65. The highest BCUT2D eigenvalue weighted by Gasteiger charge is 2.22. The highest BCUT2D eigenvalue weighted by atomic mass is 79.9. The summed E-state index contributed by atoms with van der Waals surface area (Å²) in [6, 6.07) is 1.74. The number of fused-ring (bicyclic) bond motifs is 1. The van der Waals surface area contributed by atoms with Crippen LogP contribution in [0.2, 0.25) is 5.02 Å². The van der Waals surface area contributed by atoms with Gasteiger partial charge in [0.25, 0.3) is 0 Å². The number of rotatable bonds is 1. The van der Waals surface area contributed by atoms with Gasteiger partial charge in [0, 0.05) is 6.54 Å². The van der Waals surface area contributed by atoms with E-state index in [-0.39, 0.29) is 5.02 Å². The predicted octanol–water partition coefficient (Wildman–Crippen LogP) is 3.60. The molecule has 15 heavy (non-hydrogen) atoms. The highest BCUT2D eigenvalue weighted by molar-refractivity contribution is 9.10. The summed E-state index contributed by atoms with van der Waals surface area (Å²) in [6.45, 7) is 0.720. The summed E-state index contributed by atoms with van der Waals surface area (Å²) in [5.41, 5.74) is 1.63. The van der Waals surface area contributed by atoms with Crippen LogP contribution in [0.5, 0.6) is 0 Å². The summed E-state index contributed by atoms with van der Waals surface area (Å²) in [6.07, 6.45) is 3.02. The summed E-state index contributed by atoms with van der Waals surface area (Å²) in [5.74, 6) is -0.454. The molecule has 1 aliphatic rings. The van der Waals surface area contributed by atoms with Crippen molar-refractivity contribution >= 4 is 39.6 Å². The van der Waals surface area contributed by atoms with Gasteiger partial charge in [-0.1, -0.05) is 11.6 Å². The van der Waals surface area contributed by atoms with Gasteiger partial charge >= 0.3 is 0 Å². The molecule has 0 amide bonds. The van der Waals surface area contributed by atoms with Gasteiger partial charge in [-0.2, -0.15) is 0 Å². The van der Waals surface area contributed by atoms with Crippen LogP contribution < -0.4 is 4.90 Å². The molecule has 0 radical (unpaired) electrons. The predicted molar refractivity (Wildman–Crippen MR) is 63.6 cm³/mol. The Morgan fingerprint density at radius 3 is 3.00 bits per heavy atom. The number of benzene rings is 1. The Morgan fingerprint density at radius 2 is 2.33 bits per heavy atom. The maximum absolute atomic E-state index is 13.5. The van der Waals surface area contributed by atoms with Crippen LogP contribution in [-0.2, 0) is 6.42 Å². The first-order valence-corrected chi connectivity index (χ1v) is 5.76. The van der Waals surface area contributed by atoms with E-state index < -0.39 is 5.82 Å². The summed E-state index contributed by atoms with van der Waals surface area (Å²) in [7, 11) is 0. The molecule has 1 heterocycles. The maximum atomic E-state index is 13.5. The smallest absolute Gasteiger partial charge is 0.158 e. The molecule has 2 nitrogen and oxygen atoms in total. The molecule has 0 aliphatic carbocycles. The van der Waals surface area contributed by atoms with Crippen molar-refractivity contribution in [2.45, 2.75) is 12.8 Å². The Kier molecular flexibility index (Phi) is 2.98. The van der Waals surface area contributed by atoms with Crippen molar-refractivity contribution in [3.05, 3.63) is 26.9 Å². The fourth-order valence-corrected chi connectivity index (χ4v) is 2.74. The quantitative estimate of drug-likeness (QED) is 0.478. The molecule has 1 aromatic carbocycles. The molecular weight excluding hydrogens is 282 g/mol. The van der Waals surface area contributed by atoms with Crippen LogP contribution in [0.1, 0.15) is 12.0 Å². The average Bonchev–Trinajstić information content (AvgIpc) is 2.25. The fourth-order valence-electron chi connectivity index (χ4n) is 1.82. The molecule has 0 aromatic heterocycles. The van der Waals surface area contributed by atoms with E-state index >= 15 is 0 Å². The highest BCUT2D eigenvalue weighted by Crippen LogP contribution is 2.38. The zero-order valence-electron chi connectivity index (χ0n) is 7.86. The van der Waals surface area contributed by atoms with Crippen LogP contribution in [0.3, 0.4) is 0 Å². The number of aryl methyl sites for hydroxylation is 1. The van der Waals surface area contributed by atoms with Gasteiger partial charge < -0.3 is 4.90 Å². The molecule has 1 N–H and O–H groups in total. The summed E-state index contributed by atoms with van der Waals surface area (Å²) in [4.78, 5) is 1.68. The number of nitrogens with zero attached hydrogens (tertiary/aromatic N) is 1. The molecule has 5 heteroatoms. The summed E-state index contributed by atoms with van der Waals surface area (Å²) >= 11 is 9.07. The first-order valence-electron chi connectivity index (χ1n) is 4.58. The van der Waals surface area contributed by atoms with E-state index in [9.17, 15) is 4.39 Å². The lowest BCUT2D eigenvalue weighted by molar-refractivity contribution is 0.618. The van der Waals surface area contributed by atoms with Crippen LogP contribution in [0.25, 0.3) is 0 Å². The fraction of sp³-hybridized carbons (Fsp3) is 0.300. The van der Waals surface area contributed by atoms with E-state index in [1.165, 1.54) is 6.34 Å². The van der Waals surface area contributed by atoms with Crippen LogP contribution in [0.4, 0.5) is 10.1 Å². The number of hydrogen-bond acceptors (Lipinski definition) is 1.